The number of hydrogen-bond donors (Lipinski definition) is 1. The van der Waals surface area contributed by atoms with E-state index in [1.807, 2.05) is 54.6 Å². The molecule has 10 heteroatoms. The van der Waals surface area contributed by atoms with Gasteiger partial charge in [-0.3, -0.25) is 13.9 Å². The van der Waals surface area contributed by atoms with E-state index in [4.69, 9.17) is 11.6 Å². The molecule has 0 aliphatic heterocycles. The summed E-state index contributed by atoms with van der Waals surface area (Å²) in [6, 6.07) is 21.5. The maximum absolute atomic E-state index is 13.7. The first-order valence-electron chi connectivity index (χ1n) is 12.5. The van der Waals surface area contributed by atoms with Crippen molar-refractivity contribution in [3.63, 3.8) is 0 Å². The number of likely N-dealkylation sites (N-methyl/N-ethyl adjacent to an activating group) is 1. The van der Waals surface area contributed by atoms with Crippen molar-refractivity contribution in [2.45, 2.75) is 38.8 Å². The monoisotopic (exact) mass is 633 g/mol. The van der Waals surface area contributed by atoms with Crippen molar-refractivity contribution in [1.82, 2.24) is 10.2 Å². The molecule has 0 unspecified atom stereocenters. The van der Waals surface area contributed by atoms with Crippen LogP contribution in [-0.4, -0.2) is 51.0 Å². The van der Waals surface area contributed by atoms with Gasteiger partial charge in [-0.15, -0.1) is 0 Å². The van der Waals surface area contributed by atoms with Crippen LogP contribution in [0.5, 0.6) is 0 Å². The fraction of sp³-hybridized carbons (Fsp3) is 0.310. The fourth-order valence-corrected chi connectivity index (χ4v) is 6.03. The zero-order chi connectivity index (χ0) is 28.6. The molecular weight excluding hydrogens is 602 g/mol. The second kappa shape index (κ2) is 14.0. The number of nitrogens with one attached hydrogen (secondary N) is 1. The minimum absolute atomic E-state index is 0.0575. The molecular formula is C29H33BrClN3O4S. The lowest BCUT2D eigenvalue weighted by molar-refractivity contribution is -0.141. The van der Waals surface area contributed by atoms with Gasteiger partial charge < -0.3 is 10.2 Å². The molecule has 208 valence electrons. The van der Waals surface area contributed by atoms with Crippen LogP contribution in [0.15, 0.2) is 77.3 Å². The highest BCUT2D eigenvalue weighted by Crippen LogP contribution is 2.28. The van der Waals surface area contributed by atoms with Gasteiger partial charge in [-0.2, -0.15) is 0 Å². The molecule has 2 amide bonds. The summed E-state index contributed by atoms with van der Waals surface area (Å²) in [4.78, 5) is 28.4. The maximum Gasteiger partial charge on any atom is 0.242 e. The Bertz CT molecular complexity index is 1400. The zero-order valence-corrected chi connectivity index (χ0v) is 25.4. The summed E-state index contributed by atoms with van der Waals surface area (Å²) in [6.45, 7) is 2.09. The highest BCUT2D eigenvalue weighted by molar-refractivity contribution is 9.10. The Morgan fingerprint density at radius 3 is 2.31 bits per heavy atom. The van der Waals surface area contributed by atoms with Gasteiger partial charge in [0, 0.05) is 42.5 Å². The second-order valence-electron chi connectivity index (χ2n) is 9.29. The van der Waals surface area contributed by atoms with Crippen LogP contribution in [0.4, 0.5) is 5.69 Å². The highest BCUT2D eigenvalue weighted by atomic mass is 79.9. The number of carbonyl (C=O) groups is 2. The molecule has 0 aliphatic carbocycles. The van der Waals surface area contributed by atoms with Crippen molar-refractivity contribution in [2.75, 3.05) is 24.2 Å². The Labute approximate surface area is 244 Å². The number of anilines is 1. The number of benzene rings is 3. The van der Waals surface area contributed by atoms with Crippen molar-refractivity contribution in [2.24, 2.45) is 0 Å². The van der Waals surface area contributed by atoms with E-state index in [2.05, 4.69) is 21.2 Å². The van der Waals surface area contributed by atoms with Crippen molar-refractivity contribution in [1.29, 1.82) is 0 Å². The van der Waals surface area contributed by atoms with E-state index < -0.39 is 16.1 Å². The molecule has 0 saturated heterocycles. The van der Waals surface area contributed by atoms with E-state index in [-0.39, 0.29) is 37.7 Å². The minimum Gasteiger partial charge on any atom is -0.357 e. The first-order chi connectivity index (χ1) is 18.5. The van der Waals surface area contributed by atoms with Gasteiger partial charge in [-0.05, 0) is 54.3 Å². The third-order valence-corrected chi connectivity index (χ3v) is 8.50. The van der Waals surface area contributed by atoms with Crippen molar-refractivity contribution in [3.05, 3.63) is 99.0 Å². The molecule has 0 fully saturated rings. The highest BCUT2D eigenvalue weighted by Gasteiger charge is 2.30. The Morgan fingerprint density at radius 2 is 1.67 bits per heavy atom. The molecule has 0 aromatic heterocycles. The summed E-state index contributed by atoms with van der Waals surface area (Å²) in [5.41, 5.74) is 2.93. The van der Waals surface area contributed by atoms with E-state index in [0.29, 0.717) is 22.7 Å². The normalized spacial score (nSPS) is 12.0. The average Bonchev–Trinajstić information content (AvgIpc) is 2.90. The molecule has 0 spiro atoms. The average molecular weight is 635 g/mol. The van der Waals surface area contributed by atoms with Crippen LogP contribution in [0.25, 0.3) is 0 Å². The van der Waals surface area contributed by atoms with Crippen LogP contribution in [0.3, 0.4) is 0 Å². The first-order valence-corrected chi connectivity index (χ1v) is 15.6. The number of rotatable bonds is 12. The summed E-state index contributed by atoms with van der Waals surface area (Å²) >= 11 is 9.72. The molecule has 0 heterocycles. The van der Waals surface area contributed by atoms with Gasteiger partial charge in [-0.25, -0.2) is 8.42 Å². The largest absolute Gasteiger partial charge is 0.357 e. The van der Waals surface area contributed by atoms with E-state index in [9.17, 15) is 18.0 Å². The fourth-order valence-electron chi connectivity index (χ4n) is 4.40. The Balaban J connectivity index is 1.86. The number of hydrogen-bond acceptors (Lipinski definition) is 4. The summed E-state index contributed by atoms with van der Waals surface area (Å²) in [6.07, 6.45) is 1.80. The molecule has 7 nitrogen and oxygen atoms in total. The molecule has 1 N–H and O–H groups in total. The number of halogens is 2. The molecule has 0 bridgehead atoms. The Kier molecular flexibility index (Phi) is 11.0. The van der Waals surface area contributed by atoms with E-state index in [1.54, 1.807) is 37.1 Å². The van der Waals surface area contributed by atoms with Gasteiger partial charge in [0.1, 0.15) is 6.04 Å². The third-order valence-electron chi connectivity index (χ3n) is 6.42. The Hall–Kier alpha value is -2.88. The molecule has 3 rings (SSSR count). The van der Waals surface area contributed by atoms with Gasteiger partial charge in [0.25, 0.3) is 0 Å². The summed E-state index contributed by atoms with van der Waals surface area (Å²) in [5.74, 6) is -0.509. The van der Waals surface area contributed by atoms with Gasteiger partial charge >= 0.3 is 0 Å². The van der Waals surface area contributed by atoms with Crippen molar-refractivity contribution >= 4 is 55.1 Å². The molecule has 3 aromatic rings. The van der Waals surface area contributed by atoms with Crippen molar-refractivity contribution in [3.8, 4) is 0 Å². The predicted octanol–water partition coefficient (Wildman–Crippen LogP) is 5.34. The smallest absolute Gasteiger partial charge is 0.242 e. The van der Waals surface area contributed by atoms with E-state index >= 15 is 0 Å². The predicted molar refractivity (Wildman–Crippen MR) is 160 cm³/mol. The number of carbonyl (C=O) groups excluding carboxylic acids is 2. The molecule has 39 heavy (non-hydrogen) atoms. The van der Waals surface area contributed by atoms with E-state index in [1.165, 1.54) is 4.31 Å². The van der Waals surface area contributed by atoms with Gasteiger partial charge in [0.15, 0.2) is 0 Å². The summed E-state index contributed by atoms with van der Waals surface area (Å²) in [5, 5.41) is 3.17. The number of sulfonamides is 1. The quantitative estimate of drug-likeness (QED) is 0.291. The second-order valence-corrected chi connectivity index (χ2v) is 12.5. The lowest BCUT2D eigenvalue weighted by Gasteiger charge is -2.32. The molecule has 3 aromatic carbocycles. The van der Waals surface area contributed by atoms with Gasteiger partial charge in [0.2, 0.25) is 21.8 Å². The summed E-state index contributed by atoms with van der Waals surface area (Å²) in [7, 11) is -2.07. The molecule has 0 saturated carbocycles. The number of nitrogens with zero attached hydrogens (tertiary/aromatic N) is 2. The topological polar surface area (TPSA) is 86.8 Å². The Morgan fingerprint density at radius 1 is 1.00 bits per heavy atom. The lowest BCUT2D eigenvalue weighted by atomic mass is 10.0. The first kappa shape index (κ1) is 30.7. The summed E-state index contributed by atoms with van der Waals surface area (Å²) < 4.78 is 27.4. The van der Waals surface area contributed by atoms with Crippen LogP contribution < -0.4 is 9.62 Å². The van der Waals surface area contributed by atoms with Crippen LogP contribution >= 0.6 is 27.5 Å². The molecule has 1 atom stereocenters. The molecule has 0 aliphatic rings. The van der Waals surface area contributed by atoms with Crippen molar-refractivity contribution < 1.29 is 18.0 Å². The lowest BCUT2D eigenvalue weighted by Crippen LogP contribution is -2.49. The SMILES string of the molecule is CNC(=O)[C@H](Cc1ccccc1)N(Cc1cccc(Br)c1)C(=O)CCCN(c1cccc(Cl)c1C)S(C)(=O)=O. The minimum atomic E-state index is -3.62. The van der Waals surface area contributed by atoms with E-state index in [0.717, 1.165) is 21.9 Å². The van der Waals surface area contributed by atoms with Crippen LogP contribution in [-0.2, 0) is 32.6 Å². The maximum atomic E-state index is 13.7. The standard InChI is InChI=1S/C29H33BrClN3O4S/c1-21-25(31)14-8-15-26(21)34(39(3,37)38)17-9-16-28(35)33(20-23-12-7-13-24(30)18-23)27(29(36)32-2)19-22-10-5-4-6-11-22/h4-8,10-15,18,27H,9,16-17,19-20H2,1-3H3,(H,32,36)/t27-/m0/s1. The zero-order valence-electron chi connectivity index (χ0n) is 22.2. The van der Waals surface area contributed by atoms with Crippen LogP contribution in [0.2, 0.25) is 5.02 Å². The molecule has 0 radical (unpaired) electrons. The van der Waals surface area contributed by atoms with Gasteiger partial charge in [-0.1, -0.05) is 76.1 Å². The van der Waals surface area contributed by atoms with Crippen LogP contribution in [0.1, 0.15) is 29.5 Å². The third kappa shape index (κ3) is 8.55. The number of amides is 2. The van der Waals surface area contributed by atoms with Crippen LogP contribution in [0, 0.1) is 6.92 Å². The van der Waals surface area contributed by atoms with Gasteiger partial charge in [0.05, 0.1) is 11.9 Å².